The van der Waals surface area contributed by atoms with Crippen molar-refractivity contribution in [1.29, 1.82) is 0 Å². The molecule has 0 N–H and O–H groups in total. The summed E-state index contributed by atoms with van der Waals surface area (Å²) in [5.41, 5.74) is 0.682. The summed E-state index contributed by atoms with van der Waals surface area (Å²) in [7, 11) is 3.02. The summed E-state index contributed by atoms with van der Waals surface area (Å²) in [5, 5.41) is -0.862. The third kappa shape index (κ3) is 4.88. The van der Waals surface area contributed by atoms with Crippen molar-refractivity contribution >= 4 is 41.0 Å². The van der Waals surface area contributed by atoms with Crippen LogP contribution < -0.4 is 13.8 Å². The van der Waals surface area contributed by atoms with Gasteiger partial charge < -0.3 is 9.47 Å². The Bertz CT molecular complexity index is 1070. The largest absolute Gasteiger partial charge is 0.497 e. The lowest BCUT2D eigenvalue weighted by Gasteiger charge is -2.24. The van der Waals surface area contributed by atoms with Crippen LogP contribution in [-0.2, 0) is 6.54 Å². The maximum absolute atomic E-state index is 14.6. The van der Waals surface area contributed by atoms with Gasteiger partial charge in [-0.15, -0.1) is 0 Å². The van der Waals surface area contributed by atoms with Crippen molar-refractivity contribution in [3.8, 4) is 11.5 Å². The third-order valence-corrected chi connectivity index (χ3v) is 5.91. The predicted molar refractivity (Wildman–Crippen MR) is 112 cm³/mol. The van der Waals surface area contributed by atoms with Crippen LogP contribution in [0.25, 0.3) is 0 Å². The minimum atomic E-state index is -1.02. The van der Waals surface area contributed by atoms with E-state index in [0.717, 1.165) is 18.0 Å². The summed E-state index contributed by atoms with van der Waals surface area (Å²) in [6, 6.07) is 10.3. The van der Waals surface area contributed by atoms with Crippen LogP contribution in [0, 0.1) is 17.6 Å². The fraction of sp³-hybridized carbons (Fsp3) is 0.150. The Labute approximate surface area is 185 Å². The molecular formula is C20H15Cl2F3N2O2S. The van der Waals surface area contributed by atoms with Gasteiger partial charge in [-0.3, -0.25) is 4.31 Å². The zero-order valence-electron chi connectivity index (χ0n) is 15.8. The van der Waals surface area contributed by atoms with Gasteiger partial charge in [-0.1, -0.05) is 29.3 Å². The van der Waals surface area contributed by atoms with Gasteiger partial charge in [0, 0.05) is 11.6 Å². The molecular weight excluding hydrogens is 460 g/mol. The van der Waals surface area contributed by atoms with Gasteiger partial charge in [-0.25, -0.2) is 13.8 Å². The van der Waals surface area contributed by atoms with Gasteiger partial charge in [-0.2, -0.15) is 4.39 Å². The number of benzene rings is 2. The number of anilines is 1. The van der Waals surface area contributed by atoms with Gasteiger partial charge >= 0.3 is 0 Å². The highest BCUT2D eigenvalue weighted by atomic mass is 35.5. The number of ether oxygens (including phenoxy) is 2. The summed E-state index contributed by atoms with van der Waals surface area (Å²) in [5.74, 6) is -1.44. The van der Waals surface area contributed by atoms with Crippen molar-refractivity contribution < 1.29 is 22.6 Å². The van der Waals surface area contributed by atoms with Crippen molar-refractivity contribution in [2.24, 2.45) is 0 Å². The van der Waals surface area contributed by atoms with E-state index in [1.165, 1.54) is 30.7 Å². The molecule has 0 aliphatic heterocycles. The van der Waals surface area contributed by atoms with Crippen molar-refractivity contribution in [2.75, 3.05) is 18.5 Å². The number of methoxy groups -OCH3 is 2. The minimum Gasteiger partial charge on any atom is -0.497 e. The normalized spacial score (nSPS) is 10.8. The second-order valence-corrected chi connectivity index (χ2v) is 7.74. The Morgan fingerprint density at radius 1 is 1.03 bits per heavy atom. The molecule has 3 rings (SSSR count). The van der Waals surface area contributed by atoms with E-state index >= 15 is 0 Å². The highest BCUT2D eigenvalue weighted by Gasteiger charge is 2.22. The summed E-state index contributed by atoms with van der Waals surface area (Å²) < 4.78 is 54.2. The Kier molecular flexibility index (Phi) is 7.23. The second-order valence-electron chi connectivity index (χ2n) is 5.92. The molecule has 0 unspecified atom stereocenters. The van der Waals surface area contributed by atoms with Gasteiger partial charge in [0.15, 0.2) is 5.82 Å². The van der Waals surface area contributed by atoms with Crippen LogP contribution in [0.15, 0.2) is 47.4 Å². The van der Waals surface area contributed by atoms with Gasteiger partial charge in [0.05, 0.1) is 30.7 Å². The minimum absolute atomic E-state index is 0.124. The smallest absolute Gasteiger partial charge is 0.214 e. The van der Waals surface area contributed by atoms with Crippen LogP contribution in [0.2, 0.25) is 10.0 Å². The molecule has 0 spiro atoms. The SMILES string of the molecule is COc1ccc(CN(Sc2c(Cl)cc(F)c(Cl)c2F)c2cccc(F)n2)c(OC)c1. The van der Waals surface area contributed by atoms with Gasteiger partial charge in [0.2, 0.25) is 5.95 Å². The average Bonchev–Trinajstić information content (AvgIpc) is 2.74. The van der Waals surface area contributed by atoms with Crippen molar-refractivity contribution in [3.63, 3.8) is 0 Å². The summed E-state index contributed by atoms with van der Waals surface area (Å²) >= 11 is 12.6. The van der Waals surface area contributed by atoms with Crippen molar-refractivity contribution in [3.05, 3.63) is 75.7 Å². The summed E-state index contributed by atoms with van der Waals surface area (Å²) in [6.07, 6.45) is 0. The average molecular weight is 475 g/mol. The lowest BCUT2D eigenvalue weighted by Crippen LogP contribution is -2.17. The first-order chi connectivity index (χ1) is 14.3. The Morgan fingerprint density at radius 3 is 2.47 bits per heavy atom. The topological polar surface area (TPSA) is 34.6 Å². The molecule has 0 amide bonds. The molecule has 4 nitrogen and oxygen atoms in total. The van der Waals surface area contributed by atoms with E-state index in [1.54, 1.807) is 24.3 Å². The lowest BCUT2D eigenvalue weighted by molar-refractivity contribution is 0.391. The molecule has 0 bridgehead atoms. The van der Waals surface area contributed by atoms with E-state index in [2.05, 4.69) is 4.98 Å². The number of hydrogen-bond acceptors (Lipinski definition) is 5. The first kappa shape index (κ1) is 22.4. The molecule has 0 aliphatic carbocycles. The number of halogens is 5. The van der Waals surface area contributed by atoms with Gasteiger partial charge in [0.1, 0.15) is 28.2 Å². The van der Waals surface area contributed by atoms with Crippen LogP contribution in [-0.4, -0.2) is 19.2 Å². The molecule has 158 valence electrons. The standard InChI is InChI=1S/C20H15Cl2F3N2O2S/c1-28-12-7-6-11(15(8-12)29-2)10-27(17-5-3-4-16(24)26-17)30-20-13(21)9-14(23)18(22)19(20)25/h3-9H,10H2,1-2H3. The molecule has 0 aliphatic rings. The van der Waals surface area contributed by atoms with Crippen LogP contribution in [0.3, 0.4) is 0 Å². The maximum Gasteiger partial charge on any atom is 0.214 e. The van der Waals surface area contributed by atoms with E-state index in [9.17, 15) is 13.2 Å². The van der Waals surface area contributed by atoms with Crippen molar-refractivity contribution in [1.82, 2.24) is 4.98 Å². The summed E-state index contributed by atoms with van der Waals surface area (Å²) in [4.78, 5) is 3.73. The van der Waals surface area contributed by atoms with Gasteiger partial charge in [0.25, 0.3) is 0 Å². The van der Waals surface area contributed by atoms with E-state index in [4.69, 9.17) is 32.7 Å². The van der Waals surface area contributed by atoms with Crippen LogP contribution in [0.4, 0.5) is 19.0 Å². The van der Waals surface area contributed by atoms with E-state index in [1.807, 2.05) is 0 Å². The van der Waals surface area contributed by atoms with Crippen LogP contribution in [0.5, 0.6) is 11.5 Å². The Morgan fingerprint density at radius 2 is 1.80 bits per heavy atom. The van der Waals surface area contributed by atoms with Gasteiger partial charge in [-0.05, 0) is 42.3 Å². The zero-order chi connectivity index (χ0) is 21.8. The monoisotopic (exact) mass is 474 g/mol. The molecule has 10 heteroatoms. The number of pyridine rings is 1. The Hall–Kier alpha value is -2.29. The molecule has 30 heavy (non-hydrogen) atoms. The molecule has 1 aromatic heterocycles. The lowest BCUT2D eigenvalue weighted by atomic mass is 10.2. The number of nitrogens with zero attached hydrogens (tertiary/aromatic N) is 2. The quantitative estimate of drug-likeness (QED) is 0.168. The molecule has 3 aromatic rings. The number of rotatable bonds is 7. The van der Waals surface area contributed by atoms with Crippen molar-refractivity contribution in [2.45, 2.75) is 11.4 Å². The second kappa shape index (κ2) is 9.68. The maximum atomic E-state index is 14.6. The van der Waals surface area contributed by atoms with E-state index in [-0.39, 0.29) is 22.3 Å². The molecule has 2 aromatic carbocycles. The first-order valence-corrected chi connectivity index (χ1v) is 9.99. The molecule has 0 atom stereocenters. The first-order valence-electron chi connectivity index (χ1n) is 8.46. The Balaban J connectivity index is 2.04. The molecule has 0 saturated heterocycles. The summed E-state index contributed by atoms with van der Waals surface area (Å²) in [6.45, 7) is 0.124. The van der Waals surface area contributed by atoms with E-state index < -0.39 is 22.6 Å². The number of aromatic nitrogens is 1. The van der Waals surface area contributed by atoms with E-state index in [0.29, 0.717) is 17.1 Å². The molecule has 0 fully saturated rings. The fourth-order valence-electron chi connectivity index (χ4n) is 2.58. The van der Waals surface area contributed by atoms with Crippen LogP contribution in [0.1, 0.15) is 5.56 Å². The third-order valence-electron chi connectivity index (χ3n) is 4.04. The number of hydrogen-bond donors (Lipinski definition) is 0. The highest BCUT2D eigenvalue weighted by Crippen LogP contribution is 2.40. The zero-order valence-corrected chi connectivity index (χ0v) is 18.1. The fourth-order valence-corrected chi connectivity index (χ4v) is 4.01. The van der Waals surface area contributed by atoms with Crippen LogP contribution >= 0.6 is 35.1 Å². The molecule has 0 saturated carbocycles. The molecule has 1 heterocycles. The predicted octanol–water partition coefficient (Wildman–Crippen LogP) is 6.54. The molecule has 0 radical (unpaired) electrons. The highest BCUT2D eigenvalue weighted by molar-refractivity contribution is 8.00.